The lowest BCUT2D eigenvalue weighted by Crippen LogP contribution is -2.14. The topological polar surface area (TPSA) is 98.2 Å². The van der Waals surface area contributed by atoms with E-state index in [0.717, 1.165) is 11.1 Å². The van der Waals surface area contributed by atoms with Crippen molar-refractivity contribution in [3.8, 4) is 23.0 Å². The maximum Gasteiger partial charge on any atom is 0.293 e. The minimum atomic E-state index is -0.128. The minimum Gasteiger partial charge on any atom is -0.455 e. The maximum atomic E-state index is 12.2. The second kappa shape index (κ2) is 9.65. The van der Waals surface area contributed by atoms with Crippen LogP contribution in [0.4, 0.5) is 5.69 Å². The zero-order valence-corrected chi connectivity index (χ0v) is 18.4. The van der Waals surface area contributed by atoms with Gasteiger partial charge < -0.3 is 14.3 Å². The fraction of sp³-hybridized carbons (Fsp3) is 0.167. The first-order chi connectivity index (χ1) is 15.5. The lowest BCUT2D eigenvalue weighted by molar-refractivity contribution is -0.113. The molecule has 0 aliphatic rings. The number of carbonyl (C=O) groups excluding carboxylic acids is 2. The molecule has 32 heavy (non-hydrogen) atoms. The van der Waals surface area contributed by atoms with Gasteiger partial charge in [-0.3, -0.25) is 9.59 Å². The fourth-order valence-corrected chi connectivity index (χ4v) is 3.77. The molecule has 162 valence electrons. The summed E-state index contributed by atoms with van der Waals surface area (Å²) in [5.74, 6) is 2.67. The summed E-state index contributed by atoms with van der Waals surface area (Å²) in [5.41, 5.74) is 3.23. The zero-order chi connectivity index (χ0) is 22.5. The number of nitrogens with zero attached hydrogens (tertiary/aromatic N) is 2. The molecular formula is C24H21N3O4S. The molecule has 0 saturated carbocycles. The van der Waals surface area contributed by atoms with Gasteiger partial charge in [-0.05, 0) is 55.8 Å². The highest BCUT2D eigenvalue weighted by Gasteiger charge is 2.15. The standard InChI is InChI=1S/C24H21N3O4S/c1-15-5-3-4-6-20(15)23-26-24(31-27-23)21-12-11-19(30-21)13-32-14-22(29)25-18-9-7-17(8-10-18)16(2)28/h3-12H,13-14H2,1-2H3,(H,25,29). The van der Waals surface area contributed by atoms with Crippen molar-refractivity contribution >= 4 is 29.1 Å². The predicted molar refractivity (Wildman–Crippen MR) is 123 cm³/mol. The van der Waals surface area contributed by atoms with Crippen molar-refractivity contribution < 1.29 is 18.5 Å². The smallest absolute Gasteiger partial charge is 0.293 e. The molecule has 0 unspecified atom stereocenters. The normalized spacial score (nSPS) is 10.8. The molecule has 0 spiro atoms. The molecule has 4 aromatic rings. The quantitative estimate of drug-likeness (QED) is 0.362. The number of hydrogen-bond acceptors (Lipinski definition) is 7. The summed E-state index contributed by atoms with van der Waals surface area (Å²) < 4.78 is 11.2. The van der Waals surface area contributed by atoms with Crippen molar-refractivity contribution in [2.24, 2.45) is 0 Å². The lowest BCUT2D eigenvalue weighted by atomic mass is 10.1. The summed E-state index contributed by atoms with van der Waals surface area (Å²) in [7, 11) is 0. The summed E-state index contributed by atoms with van der Waals surface area (Å²) in [6.45, 7) is 3.50. The number of rotatable bonds is 8. The molecule has 2 aromatic carbocycles. The van der Waals surface area contributed by atoms with Gasteiger partial charge in [0.25, 0.3) is 5.89 Å². The number of amides is 1. The molecular weight excluding hydrogens is 426 g/mol. The van der Waals surface area contributed by atoms with Crippen molar-refractivity contribution in [1.82, 2.24) is 10.1 Å². The van der Waals surface area contributed by atoms with E-state index in [0.29, 0.717) is 40.2 Å². The van der Waals surface area contributed by atoms with Crippen LogP contribution in [-0.2, 0) is 10.5 Å². The van der Waals surface area contributed by atoms with E-state index in [1.165, 1.54) is 18.7 Å². The van der Waals surface area contributed by atoms with Crippen LogP contribution in [0.15, 0.2) is 69.6 Å². The van der Waals surface area contributed by atoms with Crippen LogP contribution in [0.2, 0.25) is 0 Å². The van der Waals surface area contributed by atoms with Crippen LogP contribution in [-0.4, -0.2) is 27.6 Å². The first-order valence-electron chi connectivity index (χ1n) is 9.97. The Morgan fingerprint density at radius 3 is 2.56 bits per heavy atom. The average Bonchev–Trinajstić information content (AvgIpc) is 3.44. The van der Waals surface area contributed by atoms with Crippen molar-refractivity contribution in [3.05, 3.63) is 77.6 Å². The Balaban J connectivity index is 1.30. The zero-order valence-electron chi connectivity index (χ0n) is 17.6. The Bertz CT molecular complexity index is 1240. The van der Waals surface area contributed by atoms with E-state index < -0.39 is 0 Å². The van der Waals surface area contributed by atoms with Crippen LogP contribution in [0.3, 0.4) is 0 Å². The van der Waals surface area contributed by atoms with Gasteiger partial charge in [0.2, 0.25) is 11.7 Å². The van der Waals surface area contributed by atoms with Crippen molar-refractivity contribution in [1.29, 1.82) is 0 Å². The van der Waals surface area contributed by atoms with Crippen LogP contribution < -0.4 is 5.32 Å². The van der Waals surface area contributed by atoms with Gasteiger partial charge in [-0.15, -0.1) is 11.8 Å². The van der Waals surface area contributed by atoms with Gasteiger partial charge in [-0.1, -0.05) is 29.4 Å². The van der Waals surface area contributed by atoms with Crippen molar-refractivity contribution in [3.63, 3.8) is 0 Å². The maximum absolute atomic E-state index is 12.2. The van der Waals surface area contributed by atoms with Gasteiger partial charge in [0.05, 0.1) is 11.5 Å². The van der Waals surface area contributed by atoms with Gasteiger partial charge in [0, 0.05) is 16.8 Å². The minimum absolute atomic E-state index is 0.0109. The molecule has 0 fully saturated rings. The second-order valence-electron chi connectivity index (χ2n) is 7.18. The molecule has 0 aliphatic heterocycles. The third kappa shape index (κ3) is 5.15. The summed E-state index contributed by atoms with van der Waals surface area (Å²) in [6.07, 6.45) is 0. The molecule has 0 atom stereocenters. The molecule has 0 saturated heterocycles. The number of anilines is 1. The Labute approximate surface area is 189 Å². The Morgan fingerprint density at radius 2 is 1.81 bits per heavy atom. The van der Waals surface area contributed by atoms with E-state index in [1.54, 1.807) is 30.3 Å². The van der Waals surface area contributed by atoms with E-state index in [4.69, 9.17) is 8.94 Å². The molecule has 1 N–H and O–H groups in total. The lowest BCUT2D eigenvalue weighted by Gasteiger charge is -2.05. The Morgan fingerprint density at radius 1 is 1.03 bits per heavy atom. The SMILES string of the molecule is CC(=O)c1ccc(NC(=O)CSCc2ccc(-c3nc(-c4ccccc4C)no3)o2)cc1. The average molecular weight is 448 g/mol. The largest absolute Gasteiger partial charge is 0.455 e. The third-order valence-corrected chi connectivity index (χ3v) is 5.69. The third-order valence-electron chi connectivity index (χ3n) is 4.74. The fourth-order valence-electron chi connectivity index (χ4n) is 3.06. The van der Waals surface area contributed by atoms with Crippen LogP contribution in [0.1, 0.15) is 28.6 Å². The van der Waals surface area contributed by atoms with Crippen molar-refractivity contribution in [2.75, 3.05) is 11.1 Å². The monoisotopic (exact) mass is 447 g/mol. The number of carbonyl (C=O) groups is 2. The summed E-state index contributed by atoms with van der Waals surface area (Å²) >= 11 is 1.43. The van der Waals surface area contributed by atoms with Crippen LogP contribution in [0, 0.1) is 6.92 Å². The molecule has 4 rings (SSSR count). The molecule has 0 bridgehead atoms. The van der Waals surface area contributed by atoms with E-state index in [9.17, 15) is 9.59 Å². The van der Waals surface area contributed by atoms with E-state index in [1.807, 2.05) is 37.3 Å². The summed E-state index contributed by atoms with van der Waals surface area (Å²) in [5, 5.41) is 6.86. The second-order valence-corrected chi connectivity index (χ2v) is 8.16. The van der Waals surface area contributed by atoms with E-state index in [2.05, 4.69) is 15.5 Å². The van der Waals surface area contributed by atoms with Crippen LogP contribution in [0.25, 0.3) is 23.0 Å². The number of nitrogens with one attached hydrogen (secondary N) is 1. The first-order valence-corrected chi connectivity index (χ1v) is 11.1. The molecule has 8 heteroatoms. The number of aryl methyl sites for hydroxylation is 1. The first kappa shape index (κ1) is 21.6. The number of hydrogen-bond donors (Lipinski definition) is 1. The number of aromatic nitrogens is 2. The Hall–Kier alpha value is -3.65. The highest BCUT2D eigenvalue weighted by atomic mass is 32.2. The molecule has 7 nitrogen and oxygen atoms in total. The van der Waals surface area contributed by atoms with Crippen LogP contribution >= 0.6 is 11.8 Å². The highest BCUT2D eigenvalue weighted by molar-refractivity contribution is 7.99. The van der Waals surface area contributed by atoms with Gasteiger partial charge in [-0.25, -0.2) is 0 Å². The number of ketones is 1. The molecule has 1 amide bonds. The molecule has 2 heterocycles. The van der Waals surface area contributed by atoms with E-state index in [-0.39, 0.29) is 17.4 Å². The van der Waals surface area contributed by atoms with Gasteiger partial charge in [0.15, 0.2) is 11.5 Å². The summed E-state index contributed by atoms with van der Waals surface area (Å²) in [6, 6.07) is 18.2. The van der Waals surface area contributed by atoms with Crippen molar-refractivity contribution in [2.45, 2.75) is 19.6 Å². The molecule has 0 aliphatic carbocycles. The number of thioether (sulfide) groups is 1. The van der Waals surface area contributed by atoms with Gasteiger partial charge >= 0.3 is 0 Å². The molecule has 0 radical (unpaired) electrons. The van der Waals surface area contributed by atoms with Gasteiger partial charge in [-0.2, -0.15) is 4.98 Å². The van der Waals surface area contributed by atoms with Crippen LogP contribution in [0.5, 0.6) is 0 Å². The number of benzene rings is 2. The summed E-state index contributed by atoms with van der Waals surface area (Å²) in [4.78, 5) is 27.9. The van der Waals surface area contributed by atoms with Gasteiger partial charge in [0.1, 0.15) is 5.76 Å². The van der Waals surface area contributed by atoms with E-state index >= 15 is 0 Å². The molecule has 2 aromatic heterocycles. The highest BCUT2D eigenvalue weighted by Crippen LogP contribution is 2.27. The number of furan rings is 1. The number of Topliss-reactive ketones (excluding diaryl/α,β-unsaturated/α-hetero) is 1. The Kier molecular flexibility index (Phi) is 6.51. The predicted octanol–water partition coefficient (Wildman–Crippen LogP) is 5.38.